The molecule has 0 aliphatic carbocycles. The highest BCUT2D eigenvalue weighted by Crippen LogP contribution is 2.44. The van der Waals surface area contributed by atoms with Crippen LogP contribution in [0.4, 0.5) is 26.3 Å². The van der Waals surface area contributed by atoms with Crippen molar-refractivity contribution in [2.24, 2.45) is 0 Å². The van der Waals surface area contributed by atoms with Crippen molar-refractivity contribution in [1.82, 2.24) is 0 Å². The fourth-order valence-electron chi connectivity index (χ4n) is 1.30. The monoisotopic (exact) mass is 438 g/mol. The van der Waals surface area contributed by atoms with Gasteiger partial charge < -0.3 is 0 Å². The highest BCUT2D eigenvalue weighted by Gasteiger charge is 2.46. The van der Waals surface area contributed by atoms with Crippen molar-refractivity contribution in [3.63, 3.8) is 0 Å². The number of benzene rings is 1. The van der Waals surface area contributed by atoms with Crippen LogP contribution in [0.25, 0.3) is 0 Å². The zero-order valence-corrected chi connectivity index (χ0v) is 12.1. The van der Waals surface area contributed by atoms with E-state index in [2.05, 4.69) is 0 Å². The third kappa shape index (κ3) is 3.66. The van der Waals surface area contributed by atoms with Crippen molar-refractivity contribution in [2.75, 3.05) is 0 Å². The lowest BCUT2D eigenvalue weighted by atomic mass is 10.1. The Bertz CT molecular complexity index is 607. The summed E-state index contributed by atoms with van der Waals surface area (Å²) in [7, 11) is -0.504. The Balaban J connectivity index is 3.94. The number of hydrogen-bond donors (Lipinski definition) is 0. The van der Waals surface area contributed by atoms with Crippen LogP contribution in [-0.4, -0.2) is 8.42 Å². The summed E-state index contributed by atoms with van der Waals surface area (Å²) in [4.78, 5) is -1.97. The van der Waals surface area contributed by atoms with Gasteiger partial charge in [-0.1, -0.05) is 0 Å². The first-order valence-electron chi connectivity index (χ1n) is 4.18. The van der Waals surface area contributed by atoms with E-state index in [0.717, 1.165) is 22.6 Å². The first-order chi connectivity index (χ1) is 8.26. The highest BCUT2D eigenvalue weighted by atomic mass is 127. The second-order valence-electron chi connectivity index (χ2n) is 3.23. The Hall–Kier alpha value is -0.230. The summed E-state index contributed by atoms with van der Waals surface area (Å²) >= 11 is 1.09. The average Bonchev–Trinajstić information content (AvgIpc) is 2.11. The van der Waals surface area contributed by atoms with Crippen LogP contribution in [0.3, 0.4) is 0 Å². The fraction of sp³-hybridized carbons (Fsp3) is 0.250. The largest absolute Gasteiger partial charge is 0.418 e. The van der Waals surface area contributed by atoms with E-state index < -0.39 is 41.0 Å². The summed E-state index contributed by atoms with van der Waals surface area (Å²) in [6.07, 6.45) is -10.6. The van der Waals surface area contributed by atoms with Gasteiger partial charge in [-0.25, -0.2) is 8.42 Å². The van der Waals surface area contributed by atoms with E-state index in [1.807, 2.05) is 0 Å². The van der Waals surface area contributed by atoms with Crippen LogP contribution in [-0.2, 0) is 21.4 Å². The molecule has 0 aliphatic rings. The minimum atomic E-state index is -5.28. The predicted molar refractivity (Wildman–Crippen MR) is 62.2 cm³/mol. The third-order valence-corrected chi connectivity index (χ3v) is 4.21. The molecule has 0 amide bonds. The quantitative estimate of drug-likeness (QED) is 0.373. The smallest absolute Gasteiger partial charge is 0.207 e. The SMILES string of the molecule is O=S(=O)(Cl)c1c(C(F)(F)F)ccc(I)c1C(F)(F)F. The maximum atomic E-state index is 12.7. The van der Waals surface area contributed by atoms with Crippen molar-refractivity contribution in [1.29, 1.82) is 0 Å². The van der Waals surface area contributed by atoms with Gasteiger partial charge in [-0.15, -0.1) is 0 Å². The van der Waals surface area contributed by atoms with Gasteiger partial charge in [0.05, 0.1) is 11.1 Å². The molecule has 19 heavy (non-hydrogen) atoms. The van der Waals surface area contributed by atoms with E-state index in [4.69, 9.17) is 10.7 Å². The molecule has 0 unspecified atom stereocenters. The molecule has 108 valence electrons. The Kier molecular flexibility index (Phi) is 4.38. The second kappa shape index (κ2) is 4.95. The van der Waals surface area contributed by atoms with E-state index >= 15 is 0 Å². The van der Waals surface area contributed by atoms with E-state index in [1.54, 1.807) is 0 Å². The molecular formula is C8H2ClF6IO2S. The summed E-state index contributed by atoms with van der Waals surface area (Å²) in [5, 5.41) is 0. The molecule has 0 radical (unpaired) electrons. The Morgan fingerprint density at radius 1 is 1.00 bits per heavy atom. The molecule has 0 spiro atoms. The van der Waals surface area contributed by atoms with Crippen molar-refractivity contribution >= 4 is 42.3 Å². The summed E-state index contributed by atoms with van der Waals surface area (Å²) in [6, 6.07) is 0.768. The maximum Gasteiger partial charge on any atom is 0.418 e. The van der Waals surface area contributed by atoms with Gasteiger partial charge in [0, 0.05) is 14.3 Å². The Morgan fingerprint density at radius 2 is 1.47 bits per heavy atom. The van der Waals surface area contributed by atoms with Crippen LogP contribution < -0.4 is 0 Å². The van der Waals surface area contributed by atoms with Gasteiger partial charge in [0.25, 0.3) is 9.05 Å². The van der Waals surface area contributed by atoms with Gasteiger partial charge in [-0.05, 0) is 34.7 Å². The topological polar surface area (TPSA) is 34.1 Å². The lowest BCUT2D eigenvalue weighted by Gasteiger charge is -2.17. The Labute approximate surface area is 121 Å². The highest BCUT2D eigenvalue weighted by molar-refractivity contribution is 14.1. The van der Waals surface area contributed by atoms with Crippen LogP contribution in [0.15, 0.2) is 17.0 Å². The molecule has 0 fully saturated rings. The zero-order valence-electron chi connectivity index (χ0n) is 8.40. The first kappa shape index (κ1) is 16.8. The summed E-state index contributed by atoms with van der Waals surface area (Å²) < 4.78 is 97.4. The molecule has 1 rings (SSSR count). The number of alkyl halides is 6. The summed E-state index contributed by atoms with van der Waals surface area (Å²) in [6.45, 7) is 0. The fourth-order valence-corrected chi connectivity index (χ4v) is 3.63. The van der Waals surface area contributed by atoms with Crippen LogP contribution in [0.5, 0.6) is 0 Å². The second-order valence-corrected chi connectivity index (χ2v) is 6.90. The van der Waals surface area contributed by atoms with Crippen molar-refractivity contribution in [2.45, 2.75) is 17.2 Å². The number of halogens is 8. The number of rotatable bonds is 1. The van der Waals surface area contributed by atoms with E-state index in [-0.39, 0.29) is 6.07 Å². The molecule has 2 nitrogen and oxygen atoms in total. The molecule has 1 aromatic carbocycles. The van der Waals surface area contributed by atoms with Gasteiger partial charge in [-0.2, -0.15) is 26.3 Å². The molecule has 11 heteroatoms. The lowest BCUT2D eigenvalue weighted by molar-refractivity contribution is -0.148. The molecule has 0 saturated heterocycles. The van der Waals surface area contributed by atoms with Gasteiger partial charge in [0.2, 0.25) is 0 Å². The van der Waals surface area contributed by atoms with Gasteiger partial charge >= 0.3 is 12.4 Å². The first-order valence-corrected chi connectivity index (χ1v) is 7.56. The van der Waals surface area contributed by atoms with E-state index in [9.17, 15) is 34.8 Å². The standard InChI is InChI=1S/C8H2ClF6IO2S/c9-19(17,18)6-3(7(10,11)12)1-2-4(16)5(6)8(13,14)15/h1-2H. The number of hydrogen-bond acceptors (Lipinski definition) is 2. The molecule has 0 heterocycles. The van der Waals surface area contributed by atoms with Crippen molar-refractivity contribution in [3.05, 3.63) is 26.8 Å². The molecule has 0 bridgehead atoms. The van der Waals surface area contributed by atoms with E-state index in [0.29, 0.717) is 6.07 Å². The summed E-state index contributed by atoms with van der Waals surface area (Å²) in [5.74, 6) is 0. The molecular weight excluding hydrogens is 436 g/mol. The van der Waals surface area contributed by atoms with Crippen molar-refractivity contribution in [3.8, 4) is 0 Å². The lowest BCUT2D eigenvalue weighted by Crippen LogP contribution is -2.19. The van der Waals surface area contributed by atoms with Crippen LogP contribution in [0, 0.1) is 3.57 Å². The molecule has 1 aromatic rings. The van der Waals surface area contributed by atoms with Crippen molar-refractivity contribution < 1.29 is 34.8 Å². The minimum absolute atomic E-state index is 0.242. The van der Waals surface area contributed by atoms with Crippen LogP contribution in [0.1, 0.15) is 11.1 Å². The third-order valence-electron chi connectivity index (χ3n) is 1.94. The Morgan fingerprint density at radius 3 is 1.79 bits per heavy atom. The van der Waals surface area contributed by atoms with Crippen LogP contribution >= 0.6 is 33.3 Å². The van der Waals surface area contributed by atoms with Gasteiger partial charge in [0.15, 0.2) is 0 Å². The predicted octanol–water partition coefficient (Wildman–Crippen LogP) is 4.26. The molecule has 0 atom stereocenters. The minimum Gasteiger partial charge on any atom is -0.207 e. The molecule has 0 N–H and O–H groups in total. The normalized spacial score (nSPS) is 13.7. The maximum absolute atomic E-state index is 12.7. The summed E-state index contributed by atoms with van der Waals surface area (Å²) in [5.41, 5.74) is -3.87. The van der Waals surface area contributed by atoms with Gasteiger partial charge in [0.1, 0.15) is 4.90 Å². The molecule has 0 saturated carbocycles. The molecule has 0 aromatic heterocycles. The van der Waals surface area contributed by atoms with Gasteiger partial charge in [-0.3, -0.25) is 0 Å². The average molecular weight is 439 g/mol. The zero-order chi connectivity index (χ0) is 15.2. The molecule has 0 aliphatic heterocycles. The van der Waals surface area contributed by atoms with Crippen LogP contribution in [0.2, 0.25) is 0 Å². The van der Waals surface area contributed by atoms with E-state index in [1.165, 1.54) is 0 Å².